The molecule has 0 fully saturated rings. The number of phenols is 2. The molecule has 0 saturated heterocycles. The molecular formula is C13H19NO3. The second-order valence-corrected chi connectivity index (χ2v) is 4.41. The lowest BCUT2D eigenvalue weighted by atomic mass is 9.98. The molecule has 0 radical (unpaired) electrons. The minimum absolute atomic E-state index is 0.0428. The second kappa shape index (κ2) is 5.10. The largest absolute Gasteiger partial charge is 0.508 e. The summed E-state index contributed by atoms with van der Waals surface area (Å²) >= 11 is 0. The summed E-state index contributed by atoms with van der Waals surface area (Å²) < 4.78 is 0. The fraction of sp³-hybridized carbons (Fsp3) is 0.385. The molecule has 0 amide bonds. The van der Waals surface area contributed by atoms with Crippen molar-refractivity contribution in [3.8, 4) is 11.5 Å². The van der Waals surface area contributed by atoms with Crippen LogP contribution in [0.4, 0.5) is 0 Å². The summed E-state index contributed by atoms with van der Waals surface area (Å²) in [6.45, 7) is 7.68. The molecule has 1 aromatic carbocycles. The first-order valence-corrected chi connectivity index (χ1v) is 5.43. The summed E-state index contributed by atoms with van der Waals surface area (Å²) in [5, 5.41) is 21.0. The number of hydroxylamine groups is 2. The third kappa shape index (κ3) is 3.14. The van der Waals surface area contributed by atoms with Crippen molar-refractivity contribution in [3.05, 3.63) is 29.8 Å². The smallest absolute Gasteiger partial charge is 0.151 e. The Labute approximate surface area is 102 Å². The van der Waals surface area contributed by atoms with E-state index in [-0.39, 0.29) is 17.4 Å². The molecular weight excluding hydrogens is 218 g/mol. The van der Waals surface area contributed by atoms with Gasteiger partial charge in [-0.3, -0.25) is 0 Å². The average molecular weight is 237 g/mol. The van der Waals surface area contributed by atoms with Crippen LogP contribution in [-0.2, 0) is 4.84 Å². The van der Waals surface area contributed by atoms with Crippen LogP contribution in [-0.4, -0.2) is 29.4 Å². The lowest BCUT2D eigenvalue weighted by Gasteiger charge is -2.17. The molecule has 94 valence electrons. The van der Waals surface area contributed by atoms with E-state index in [9.17, 15) is 10.2 Å². The minimum Gasteiger partial charge on any atom is -0.508 e. The maximum Gasteiger partial charge on any atom is 0.151 e. The number of nitrogens with zero attached hydrogens (tertiary/aromatic N) is 1. The average Bonchev–Trinajstić information content (AvgIpc) is 2.15. The SMILES string of the molecule is C=C(ON(C)C)c1cc(C(C)C)c(O)cc1O. The van der Waals surface area contributed by atoms with Crippen molar-refractivity contribution >= 4 is 5.76 Å². The van der Waals surface area contributed by atoms with Crippen LogP contribution >= 0.6 is 0 Å². The van der Waals surface area contributed by atoms with Crippen LogP contribution < -0.4 is 0 Å². The van der Waals surface area contributed by atoms with Crippen molar-refractivity contribution in [2.75, 3.05) is 14.1 Å². The van der Waals surface area contributed by atoms with Gasteiger partial charge >= 0.3 is 0 Å². The van der Waals surface area contributed by atoms with Crippen LogP contribution in [0, 0.1) is 0 Å². The molecule has 17 heavy (non-hydrogen) atoms. The van der Waals surface area contributed by atoms with Crippen LogP contribution in [0.25, 0.3) is 5.76 Å². The highest BCUT2D eigenvalue weighted by atomic mass is 16.7. The van der Waals surface area contributed by atoms with Gasteiger partial charge in [-0.1, -0.05) is 20.4 Å². The van der Waals surface area contributed by atoms with E-state index in [0.717, 1.165) is 5.56 Å². The number of benzene rings is 1. The van der Waals surface area contributed by atoms with Crippen LogP contribution in [0.2, 0.25) is 0 Å². The molecule has 0 aliphatic carbocycles. The molecule has 2 N–H and O–H groups in total. The fourth-order valence-corrected chi connectivity index (χ4v) is 1.55. The Kier molecular flexibility index (Phi) is 4.02. The van der Waals surface area contributed by atoms with E-state index in [1.54, 1.807) is 20.2 Å². The summed E-state index contributed by atoms with van der Waals surface area (Å²) in [4.78, 5) is 5.29. The number of hydrogen-bond donors (Lipinski definition) is 2. The predicted molar refractivity (Wildman–Crippen MR) is 67.7 cm³/mol. The molecule has 1 aromatic rings. The van der Waals surface area contributed by atoms with Crippen molar-refractivity contribution in [1.29, 1.82) is 0 Å². The van der Waals surface area contributed by atoms with Crippen molar-refractivity contribution in [2.24, 2.45) is 0 Å². The van der Waals surface area contributed by atoms with Gasteiger partial charge in [-0.15, -0.1) is 0 Å². The minimum atomic E-state index is -0.0428. The third-order valence-electron chi connectivity index (χ3n) is 2.36. The van der Waals surface area contributed by atoms with Gasteiger partial charge in [-0.05, 0) is 17.5 Å². The predicted octanol–water partition coefficient (Wildman–Crippen LogP) is 2.69. The van der Waals surface area contributed by atoms with Gasteiger partial charge in [0.2, 0.25) is 0 Å². The molecule has 0 bridgehead atoms. The van der Waals surface area contributed by atoms with E-state index in [1.165, 1.54) is 11.1 Å². The van der Waals surface area contributed by atoms with Gasteiger partial charge in [0, 0.05) is 20.2 Å². The lowest BCUT2D eigenvalue weighted by molar-refractivity contribution is -0.0355. The zero-order valence-electron chi connectivity index (χ0n) is 10.7. The summed E-state index contributed by atoms with van der Waals surface area (Å²) in [5.41, 5.74) is 1.24. The van der Waals surface area contributed by atoms with Gasteiger partial charge in [-0.25, -0.2) is 0 Å². The molecule has 0 aliphatic heterocycles. The third-order valence-corrected chi connectivity index (χ3v) is 2.36. The molecule has 0 saturated carbocycles. The summed E-state index contributed by atoms with van der Waals surface area (Å²) in [6.07, 6.45) is 0. The summed E-state index contributed by atoms with van der Waals surface area (Å²) in [7, 11) is 3.46. The number of aromatic hydroxyl groups is 2. The molecule has 4 heteroatoms. The normalized spacial score (nSPS) is 10.9. The highest BCUT2D eigenvalue weighted by Gasteiger charge is 2.14. The van der Waals surface area contributed by atoms with Crippen LogP contribution in [0.5, 0.6) is 11.5 Å². The van der Waals surface area contributed by atoms with Crippen molar-refractivity contribution in [1.82, 2.24) is 5.06 Å². The first-order valence-electron chi connectivity index (χ1n) is 5.43. The van der Waals surface area contributed by atoms with E-state index in [1.807, 2.05) is 13.8 Å². The molecule has 4 nitrogen and oxygen atoms in total. The number of hydrogen-bond acceptors (Lipinski definition) is 4. The van der Waals surface area contributed by atoms with Crippen molar-refractivity contribution in [2.45, 2.75) is 19.8 Å². The topological polar surface area (TPSA) is 52.9 Å². The van der Waals surface area contributed by atoms with Crippen molar-refractivity contribution in [3.63, 3.8) is 0 Å². The van der Waals surface area contributed by atoms with Gasteiger partial charge in [0.25, 0.3) is 0 Å². The first-order chi connectivity index (χ1) is 7.82. The van der Waals surface area contributed by atoms with Gasteiger partial charge < -0.3 is 15.1 Å². The Morgan fingerprint density at radius 1 is 1.24 bits per heavy atom. The Balaban J connectivity index is 3.16. The molecule has 0 unspecified atom stereocenters. The number of rotatable bonds is 4. The summed E-state index contributed by atoms with van der Waals surface area (Å²) in [6, 6.07) is 3.01. The Hall–Kier alpha value is -1.68. The highest BCUT2D eigenvalue weighted by Crippen LogP contribution is 2.35. The van der Waals surface area contributed by atoms with E-state index in [0.29, 0.717) is 11.3 Å². The van der Waals surface area contributed by atoms with Gasteiger partial charge in [0.05, 0.1) is 5.56 Å². The lowest BCUT2D eigenvalue weighted by Crippen LogP contribution is -2.11. The maximum absolute atomic E-state index is 9.76. The zero-order valence-corrected chi connectivity index (χ0v) is 10.7. The van der Waals surface area contributed by atoms with Crippen LogP contribution in [0.3, 0.4) is 0 Å². The van der Waals surface area contributed by atoms with Crippen LogP contribution in [0.15, 0.2) is 18.7 Å². The second-order valence-electron chi connectivity index (χ2n) is 4.41. The molecule has 0 spiro atoms. The highest BCUT2D eigenvalue weighted by molar-refractivity contribution is 5.66. The first kappa shape index (κ1) is 13.4. The molecule has 1 rings (SSSR count). The fourth-order valence-electron chi connectivity index (χ4n) is 1.55. The van der Waals surface area contributed by atoms with Crippen molar-refractivity contribution < 1.29 is 15.1 Å². The Morgan fingerprint density at radius 3 is 2.29 bits per heavy atom. The van der Waals surface area contributed by atoms with Crippen LogP contribution in [0.1, 0.15) is 30.9 Å². The van der Waals surface area contributed by atoms with E-state index in [2.05, 4.69) is 6.58 Å². The molecule has 0 atom stereocenters. The number of phenolic OH excluding ortho intramolecular Hbond substituents is 2. The summed E-state index contributed by atoms with van der Waals surface area (Å²) in [5.74, 6) is 0.536. The van der Waals surface area contributed by atoms with E-state index < -0.39 is 0 Å². The van der Waals surface area contributed by atoms with E-state index in [4.69, 9.17) is 4.84 Å². The van der Waals surface area contributed by atoms with Gasteiger partial charge in [0.1, 0.15) is 11.5 Å². The van der Waals surface area contributed by atoms with Gasteiger partial charge in [-0.2, -0.15) is 5.06 Å². The molecule has 0 aromatic heterocycles. The zero-order chi connectivity index (χ0) is 13.2. The van der Waals surface area contributed by atoms with Gasteiger partial charge in [0.15, 0.2) is 5.76 Å². The molecule has 0 heterocycles. The standard InChI is InChI=1S/C13H19NO3/c1-8(2)10-6-11(9(3)17-14(4)5)13(16)7-12(10)15/h6-8,15-16H,3H2,1-2,4-5H3. The van der Waals surface area contributed by atoms with E-state index >= 15 is 0 Å². The Morgan fingerprint density at radius 2 is 1.82 bits per heavy atom. The molecule has 0 aliphatic rings. The Bertz CT molecular complexity index is 425. The quantitative estimate of drug-likeness (QED) is 0.624. The monoisotopic (exact) mass is 237 g/mol. The maximum atomic E-state index is 9.76.